The number of aromatic nitrogens is 1. The molecule has 3 heterocycles. The SMILES string of the molecule is CCOc1cc(OC2CC3C(=O)NC4(C(=O)OC)CC4/C=C/CCCCCC(NC(=O)OC(C)(C)C)C(=O)N3C2)c2cccc(Cl)c2n1. The fraction of sp³-hybridized carbons (Fsp3) is 0.571. The average molecular weight is 685 g/mol. The number of ether oxygens (including phenoxy) is 4. The number of benzene rings is 1. The van der Waals surface area contributed by atoms with Crippen LogP contribution in [0.5, 0.6) is 11.6 Å². The summed E-state index contributed by atoms with van der Waals surface area (Å²) in [5.41, 5.74) is -1.49. The first-order valence-corrected chi connectivity index (χ1v) is 17.0. The first kappa shape index (κ1) is 35.3. The van der Waals surface area contributed by atoms with E-state index in [1.807, 2.05) is 25.1 Å². The lowest BCUT2D eigenvalue weighted by Crippen LogP contribution is -2.56. The Balaban J connectivity index is 1.48. The van der Waals surface area contributed by atoms with Crippen molar-refractivity contribution in [1.29, 1.82) is 0 Å². The van der Waals surface area contributed by atoms with Gasteiger partial charge in [-0.25, -0.2) is 14.6 Å². The van der Waals surface area contributed by atoms with Gasteiger partial charge in [-0.1, -0.05) is 42.7 Å². The third kappa shape index (κ3) is 7.97. The number of methoxy groups -OCH3 is 1. The van der Waals surface area contributed by atoms with Crippen LogP contribution < -0.4 is 20.1 Å². The number of carbonyl (C=O) groups is 4. The predicted octanol–water partition coefficient (Wildman–Crippen LogP) is 5.10. The third-order valence-electron chi connectivity index (χ3n) is 8.79. The minimum atomic E-state index is -1.21. The van der Waals surface area contributed by atoms with Gasteiger partial charge >= 0.3 is 12.1 Å². The number of esters is 1. The van der Waals surface area contributed by atoms with Gasteiger partial charge in [0.1, 0.15) is 35.1 Å². The van der Waals surface area contributed by atoms with Gasteiger partial charge in [0, 0.05) is 23.8 Å². The zero-order chi connectivity index (χ0) is 34.6. The van der Waals surface area contributed by atoms with E-state index < -0.39 is 53.2 Å². The van der Waals surface area contributed by atoms with Crippen LogP contribution in [0.4, 0.5) is 4.79 Å². The minimum absolute atomic E-state index is 0.0479. The summed E-state index contributed by atoms with van der Waals surface area (Å²) in [6, 6.07) is 5.07. The molecule has 260 valence electrons. The summed E-state index contributed by atoms with van der Waals surface area (Å²) in [4.78, 5) is 60.3. The molecule has 0 spiro atoms. The molecule has 2 aromatic rings. The number of allylic oxidation sites excluding steroid dienone is 1. The van der Waals surface area contributed by atoms with Crippen molar-refractivity contribution in [2.45, 2.75) is 102 Å². The second-order valence-electron chi connectivity index (χ2n) is 13.5. The van der Waals surface area contributed by atoms with Crippen LogP contribution in [0.25, 0.3) is 10.9 Å². The zero-order valence-electron chi connectivity index (χ0n) is 28.2. The summed E-state index contributed by atoms with van der Waals surface area (Å²) in [6.45, 7) is 7.50. The quantitative estimate of drug-likeness (QED) is 0.314. The molecule has 2 N–H and O–H groups in total. The van der Waals surface area contributed by atoms with Gasteiger partial charge in [-0.2, -0.15) is 0 Å². The molecular weight excluding hydrogens is 640 g/mol. The van der Waals surface area contributed by atoms with Gasteiger partial charge < -0.3 is 34.5 Å². The van der Waals surface area contributed by atoms with Gasteiger partial charge in [-0.05, 0) is 65.5 Å². The van der Waals surface area contributed by atoms with Crippen molar-refractivity contribution in [3.8, 4) is 11.6 Å². The van der Waals surface area contributed by atoms with Gasteiger partial charge in [-0.3, -0.25) is 9.59 Å². The van der Waals surface area contributed by atoms with E-state index in [1.54, 1.807) is 39.0 Å². The normalized spacial score (nSPS) is 27.0. The van der Waals surface area contributed by atoms with Crippen molar-refractivity contribution in [1.82, 2.24) is 20.5 Å². The second kappa shape index (κ2) is 14.6. The maximum absolute atomic E-state index is 14.3. The van der Waals surface area contributed by atoms with E-state index in [9.17, 15) is 19.2 Å². The predicted molar refractivity (Wildman–Crippen MR) is 179 cm³/mol. The lowest BCUT2D eigenvalue weighted by Gasteiger charge is -2.30. The smallest absolute Gasteiger partial charge is 0.408 e. The highest BCUT2D eigenvalue weighted by Gasteiger charge is 2.62. The standard InChI is InChI=1S/C35H45ClN4O8/c1-6-46-28-18-27(23-14-12-15-24(36)29(23)38-28)47-22-17-26-30(41)39-35(32(43)45-5)19-21(35)13-10-8-7-9-11-16-25(31(42)40(26)20-22)37-33(44)48-34(2,3)4/h10,12-15,18,21-22,25-26H,6-9,11,16-17,19-20H2,1-5H3,(H,37,44)(H,39,41)/b13-10+. The number of carbonyl (C=O) groups excluding carboxylic acids is 4. The average Bonchev–Trinajstić information content (AvgIpc) is 3.55. The molecule has 2 aliphatic heterocycles. The minimum Gasteiger partial charge on any atom is -0.488 e. The summed E-state index contributed by atoms with van der Waals surface area (Å²) >= 11 is 6.48. The Morgan fingerprint density at radius 1 is 1.19 bits per heavy atom. The molecule has 3 aliphatic rings. The topological polar surface area (TPSA) is 145 Å². The van der Waals surface area contributed by atoms with Crippen LogP contribution >= 0.6 is 11.6 Å². The number of halogens is 1. The fourth-order valence-electron chi connectivity index (χ4n) is 6.42. The van der Waals surface area contributed by atoms with Crippen LogP contribution in [-0.4, -0.2) is 83.3 Å². The van der Waals surface area contributed by atoms with E-state index in [2.05, 4.69) is 15.6 Å². The van der Waals surface area contributed by atoms with Gasteiger partial charge in [0.05, 0.1) is 30.8 Å². The lowest BCUT2D eigenvalue weighted by atomic mass is 10.0. The highest BCUT2D eigenvalue weighted by atomic mass is 35.5. The summed E-state index contributed by atoms with van der Waals surface area (Å²) in [5.74, 6) is -0.927. The molecule has 0 radical (unpaired) electrons. The Kier molecular flexibility index (Phi) is 10.7. The number of rotatable bonds is 6. The van der Waals surface area contributed by atoms with Gasteiger partial charge in [0.15, 0.2) is 0 Å². The van der Waals surface area contributed by atoms with Gasteiger partial charge in [0.2, 0.25) is 17.7 Å². The Labute approximate surface area is 285 Å². The van der Waals surface area contributed by atoms with E-state index in [1.165, 1.54) is 12.0 Å². The van der Waals surface area contributed by atoms with Crippen molar-refractivity contribution in [2.24, 2.45) is 5.92 Å². The van der Waals surface area contributed by atoms with Crippen molar-refractivity contribution in [3.63, 3.8) is 0 Å². The van der Waals surface area contributed by atoms with Gasteiger partial charge in [-0.15, -0.1) is 0 Å². The molecule has 13 heteroatoms. The van der Waals surface area contributed by atoms with Crippen LogP contribution in [-0.2, 0) is 23.9 Å². The van der Waals surface area contributed by atoms with Gasteiger partial charge in [0.25, 0.3) is 0 Å². The number of para-hydroxylation sites is 1. The summed E-state index contributed by atoms with van der Waals surface area (Å²) in [5, 5.41) is 6.77. The molecule has 1 aromatic carbocycles. The molecule has 5 atom stereocenters. The maximum atomic E-state index is 14.3. The number of nitrogens with one attached hydrogen (secondary N) is 2. The molecule has 0 bridgehead atoms. The molecule has 5 rings (SSSR count). The zero-order valence-corrected chi connectivity index (χ0v) is 28.9. The molecule has 5 unspecified atom stereocenters. The van der Waals surface area contributed by atoms with Crippen molar-refractivity contribution in [2.75, 3.05) is 20.3 Å². The van der Waals surface area contributed by atoms with Crippen LogP contribution in [0.1, 0.15) is 72.6 Å². The number of pyridine rings is 1. The second-order valence-corrected chi connectivity index (χ2v) is 13.9. The molecule has 12 nitrogen and oxygen atoms in total. The molecule has 48 heavy (non-hydrogen) atoms. The number of hydrogen-bond donors (Lipinski definition) is 2. The number of hydrogen-bond acceptors (Lipinski definition) is 9. The van der Waals surface area contributed by atoms with Crippen LogP contribution in [0.3, 0.4) is 0 Å². The highest BCUT2D eigenvalue weighted by Crippen LogP contribution is 2.46. The molecule has 1 saturated carbocycles. The summed E-state index contributed by atoms with van der Waals surface area (Å²) in [6.07, 6.45) is 6.66. The molecule has 2 fully saturated rings. The monoisotopic (exact) mass is 684 g/mol. The Bertz CT molecular complexity index is 1580. The summed E-state index contributed by atoms with van der Waals surface area (Å²) < 4.78 is 22.8. The molecule has 1 aromatic heterocycles. The highest BCUT2D eigenvalue weighted by molar-refractivity contribution is 6.35. The van der Waals surface area contributed by atoms with Crippen LogP contribution in [0.15, 0.2) is 36.4 Å². The first-order chi connectivity index (χ1) is 22.8. The van der Waals surface area contributed by atoms with Crippen molar-refractivity contribution >= 4 is 46.4 Å². The molecular formula is C35H45ClN4O8. The number of fused-ring (bicyclic) bond motifs is 3. The van der Waals surface area contributed by atoms with Crippen LogP contribution in [0, 0.1) is 5.92 Å². The first-order valence-electron chi connectivity index (χ1n) is 16.6. The van der Waals surface area contributed by atoms with E-state index in [0.717, 1.165) is 19.3 Å². The largest absolute Gasteiger partial charge is 0.488 e. The third-order valence-corrected chi connectivity index (χ3v) is 9.10. The lowest BCUT2D eigenvalue weighted by molar-refractivity contribution is -0.148. The summed E-state index contributed by atoms with van der Waals surface area (Å²) in [7, 11) is 1.29. The Morgan fingerprint density at radius 2 is 1.98 bits per heavy atom. The number of amides is 3. The van der Waals surface area contributed by atoms with E-state index in [-0.39, 0.29) is 18.9 Å². The molecule has 1 saturated heterocycles. The number of nitrogens with zero attached hydrogens (tertiary/aromatic N) is 2. The van der Waals surface area contributed by atoms with Crippen molar-refractivity contribution < 1.29 is 38.1 Å². The van der Waals surface area contributed by atoms with E-state index >= 15 is 0 Å². The van der Waals surface area contributed by atoms with Crippen LogP contribution in [0.2, 0.25) is 5.02 Å². The van der Waals surface area contributed by atoms with E-state index in [0.29, 0.717) is 53.4 Å². The molecule has 3 amide bonds. The number of alkyl carbamates (subject to hydrolysis) is 1. The maximum Gasteiger partial charge on any atom is 0.408 e. The van der Waals surface area contributed by atoms with E-state index in [4.69, 9.17) is 30.5 Å². The Morgan fingerprint density at radius 3 is 2.71 bits per heavy atom. The molecule has 1 aliphatic carbocycles. The fourth-order valence-corrected chi connectivity index (χ4v) is 6.64. The Hall–Kier alpha value is -4.06. The van der Waals surface area contributed by atoms with Crippen molar-refractivity contribution in [3.05, 3.63) is 41.4 Å².